The van der Waals surface area contributed by atoms with Crippen molar-refractivity contribution in [1.29, 1.82) is 0 Å². The summed E-state index contributed by atoms with van der Waals surface area (Å²) in [4.78, 5) is 14.4. The minimum atomic E-state index is -0.0353. The van der Waals surface area contributed by atoms with Crippen LogP contribution in [0.4, 0.5) is 5.69 Å². The highest BCUT2D eigenvalue weighted by atomic mass is 32.1. The quantitative estimate of drug-likeness (QED) is 0.675. The van der Waals surface area contributed by atoms with Gasteiger partial charge >= 0.3 is 4.87 Å². The van der Waals surface area contributed by atoms with Gasteiger partial charge in [0.15, 0.2) is 0 Å². The minimum absolute atomic E-state index is 0.0353. The van der Waals surface area contributed by atoms with Crippen LogP contribution >= 0.6 is 11.3 Å². The van der Waals surface area contributed by atoms with Crippen molar-refractivity contribution in [3.63, 3.8) is 0 Å². The number of benzene rings is 1. The molecule has 66 valence electrons. The second-order valence-electron chi connectivity index (χ2n) is 2.66. The van der Waals surface area contributed by atoms with Crippen molar-refractivity contribution in [3.05, 3.63) is 40.1 Å². The normalized spacial score (nSPS) is 10.2. The zero-order valence-corrected chi connectivity index (χ0v) is 7.60. The third-order valence-electron chi connectivity index (χ3n) is 1.72. The van der Waals surface area contributed by atoms with Crippen molar-refractivity contribution >= 4 is 17.0 Å². The molecule has 1 aromatic heterocycles. The molecule has 0 unspecified atom stereocenters. The van der Waals surface area contributed by atoms with Gasteiger partial charge in [0.2, 0.25) is 0 Å². The Kier molecular flexibility index (Phi) is 1.90. The van der Waals surface area contributed by atoms with Gasteiger partial charge in [0.05, 0.1) is 4.88 Å². The molecule has 0 atom stereocenters. The molecule has 0 saturated carbocycles. The van der Waals surface area contributed by atoms with Crippen molar-refractivity contribution in [2.75, 3.05) is 5.73 Å². The van der Waals surface area contributed by atoms with Crippen LogP contribution in [0.3, 0.4) is 0 Å². The number of rotatable bonds is 1. The third kappa shape index (κ3) is 1.62. The molecule has 0 fully saturated rings. The number of hydrogen-bond donors (Lipinski definition) is 2. The fraction of sp³-hybridized carbons (Fsp3) is 0. The van der Waals surface area contributed by atoms with Crippen LogP contribution in [0.2, 0.25) is 0 Å². The first kappa shape index (κ1) is 8.07. The largest absolute Gasteiger partial charge is 0.399 e. The molecule has 0 saturated heterocycles. The van der Waals surface area contributed by atoms with E-state index in [9.17, 15) is 4.79 Å². The number of anilines is 1. The topological polar surface area (TPSA) is 58.9 Å². The van der Waals surface area contributed by atoms with Crippen LogP contribution in [-0.4, -0.2) is 4.98 Å². The van der Waals surface area contributed by atoms with Crippen LogP contribution in [0.25, 0.3) is 10.4 Å². The SMILES string of the molecule is Nc1ccc(-c2c[nH]c(=O)s2)cc1. The first-order valence-corrected chi connectivity index (χ1v) is 4.62. The van der Waals surface area contributed by atoms with Gasteiger partial charge in [-0.25, -0.2) is 0 Å². The summed E-state index contributed by atoms with van der Waals surface area (Å²) in [5.74, 6) is 0. The van der Waals surface area contributed by atoms with E-state index in [1.807, 2.05) is 24.3 Å². The molecule has 1 heterocycles. The zero-order chi connectivity index (χ0) is 9.26. The molecule has 1 aromatic carbocycles. The van der Waals surface area contributed by atoms with E-state index in [1.54, 1.807) is 6.20 Å². The molecule has 3 nitrogen and oxygen atoms in total. The molecule has 13 heavy (non-hydrogen) atoms. The smallest absolute Gasteiger partial charge is 0.305 e. The lowest BCUT2D eigenvalue weighted by Crippen LogP contribution is -1.88. The Bertz CT molecular complexity index is 455. The lowest BCUT2D eigenvalue weighted by atomic mass is 10.2. The lowest BCUT2D eigenvalue weighted by molar-refractivity contribution is 1.34. The Labute approximate surface area is 78.8 Å². The second-order valence-corrected chi connectivity index (χ2v) is 3.68. The minimum Gasteiger partial charge on any atom is -0.399 e. The number of hydrogen-bond acceptors (Lipinski definition) is 3. The van der Waals surface area contributed by atoms with Gasteiger partial charge < -0.3 is 10.7 Å². The van der Waals surface area contributed by atoms with E-state index in [0.29, 0.717) is 0 Å². The maximum Gasteiger partial charge on any atom is 0.305 e. The third-order valence-corrected chi connectivity index (χ3v) is 2.60. The Morgan fingerprint density at radius 3 is 2.46 bits per heavy atom. The summed E-state index contributed by atoms with van der Waals surface area (Å²) in [5.41, 5.74) is 7.28. The fourth-order valence-electron chi connectivity index (χ4n) is 1.07. The summed E-state index contributed by atoms with van der Waals surface area (Å²) in [5, 5.41) is 0. The molecule has 3 N–H and O–H groups in total. The van der Waals surface area contributed by atoms with Gasteiger partial charge in [-0.3, -0.25) is 4.79 Å². The van der Waals surface area contributed by atoms with Gasteiger partial charge in [-0.1, -0.05) is 23.5 Å². The van der Waals surface area contributed by atoms with E-state index >= 15 is 0 Å². The van der Waals surface area contributed by atoms with Gasteiger partial charge in [-0.05, 0) is 17.7 Å². The average Bonchev–Trinajstić information content (AvgIpc) is 2.53. The van der Waals surface area contributed by atoms with Crippen molar-refractivity contribution in [1.82, 2.24) is 4.98 Å². The molecule has 0 amide bonds. The molecule has 0 spiro atoms. The lowest BCUT2D eigenvalue weighted by Gasteiger charge is -1.95. The maximum atomic E-state index is 10.9. The van der Waals surface area contributed by atoms with E-state index < -0.39 is 0 Å². The Hall–Kier alpha value is -1.55. The van der Waals surface area contributed by atoms with Gasteiger partial charge in [-0.15, -0.1) is 0 Å². The van der Waals surface area contributed by atoms with E-state index in [1.165, 1.54) is 11.3 Å². The summed E-state index contributed by atoms with van der Waals surface area (Å²) in [6.45, 7) is 0. The number of nitrogens with two attached hydrogens (primary N) is 1. The predicted molar refractivity (Wildman–Crippen MR) is 54.8 cm³/mol. The molecule has 2 rings (SSSR count). The van der Waals surface area contributed by atoms with Crippen LogP contribution in [0, 0.1) is 0 Å². The number of aromatic amines is 1. The summed E-state index contributed by atoms with van der Waals surface area (Å²) >= 11 is 1.19. The van der Waals surface area contributed by atoms with Crippen LogP contribution in [-0.2, 0) is 0 Å². The second kappa shape index (κ2) is 3.06. The van der Waals surface area contributed by atoms with E-state index in [2.05, 4.69) is 4.98 Å². The Morgan fingerprint density at radius 2 is 1.92 bits per heavy atom. The molecule has 0 radical (unpaired) electrons. The molecular weight excluding hydrogens is 184 g/mol. The van der Waals surface area contributed by atoms with Crippen molar-refractivity contribution < 1.29 is 0 Å². The number of H-pyrrole nitrogens is 1. The summed E-state index contributed by atoms with van der Waals surface area (Å²) in [6.07, 6.45) is 1.71. The maximum absolute atomic E-state index is 10.9. The number of nitrogens with one attached hydrogen (secondary N) is 1. The summed E-state index contributed by atoms with van der Waals surface area (Å²) in [6, 6.07) is 7.43. The van der Waals surface area contributed by atoms with Gasteiger partial charge in [0, 0.05) is 11.9 Å². The highest BCUT2D eigenvalue weighted by molar-refractivity contribution is 7.12. The molecule has 0 aliphatic heterocycles. The molecule has 2 aromatic rings. The Morgan fingerprint density at radius 1 is 1.23 bits per heavy atom. The monoisotopic (exact) mass is 192 g/mol. The molecular formula is C9H8N2OS. The predicted octanol–water partition coefficient (Wildman–Crippen LogP) is 1.69. The zero-order valence-electron chi connectivity index (χ0n) is 6.78. The van der Waals surface area contributed by atoms with Crippen LogP contribution in [0.15, 0.2) is 35.3 Å². The van der Waals surface area contributed by atoms with Crippen LogP contribution in [0.1, 0.15) is 0 Å². The highest BCUT2D eigenvalue weighted by Gasteiger charge is 1.99. The number of thiazole rings is 1. The first-order valence-electron chi connectivity index (χ1n) is 3.80. The van der Waals surface area contributed by atoms with Crippen molar-refractivity contribution in [2.45, 2.75) is 0 Å². The molecule has 0 bridgehead atoms. The molecule has 0 aliphatic carbocycles. The number of aromatic nitrogens is 1. The highest BCUT2D eigenvalue weighted by Crippen LogP contribution is 2.21. The van der Waals surface area contributed by atoms with Crippen molar-refractivity contribution in [2.24, 2.45) is 0 Å². The van der Waals surface area contributed by atoms with E-state index in [-0.39, 0.29) is 4.87 Å². The van der Waals surface area contributed by atoms with Crippen LogP contribution in [0.5, 0.6) is 0 Å². The van der Waals surface area contributed by atoms with Crippen LogP contribution < -0.4 is 10.6 Å². The summed E-state index contributed by atoms with van der Waals surface area (Å²) < 4.78 is 0. The van der Waals surface area contributed by atoms with Gasteiger partial charge in [0.25, 0.3) is 0 Å². The Balaban J connectivity index is 2.47. The standard InChI is InChI=1S/C9H8N2OS/c10-7-3-1-6(2-4-7)8-5-11-9(12)13-8/h1-5H,10H2,(H,11,12). The fourth-order valence-corrected chi connectivity index (χ4v) is 1.76. The molecule has 0 aliphatic rings. The van der Waals surface area contributed by atoms with Gasteiger partial charge in [0.1, 0.15) is 0 Å². The van der Waals surface area contributed by atoms with E-state index in [4.69, 9.17) is 5.73 Å². The van der Waals surface area contributed by atoms with Crippen molar-refractivity contribution in [3.8, 4) is 10.4 Å². The first-order chi connectivity index (χ1) is 6.25. The number of nitrogen functional groups attached to an aromatic ring is 1. The van der Waals surface area contributed by atoms with Gasteiger partial charge in [-0.2, -0.15) is 0 Å². The molecule has 4 heteroatoms. The van der Waals surface area contributed by atoms with E-state index in [0.717, 1.165) is 16.1 Å². The summed E-state index contributed by atoms with van der Waals surface area (Å²) in [7, 11) is 0. The average molecular weight is 192 g/mol.